The predicted molar refractivity (Wildman–Crippen MR) is 90.1 cm³/mol. The molecule has 0 aliphatic carbocycles. The van der Waals surface area contributed by atoms with Crippen molar-refractivity contribution in [2.45, 2.75) is 25.3 Å². The maximum atomic E-state index is 12.5. The summed E-state index contributed by atoms with van der Waals surface area (Å²) in [6, 6.07) is 9.27. The zero-order valence-electron chi connectivity index (χ0n) is 13.9. The molecule has 1 saturated heterocycles. The van der Waals surface area contributed by atoms with E-state index in [0.29, 0.717) is 18.3 Å². The highest BCUT2D eigenvalue weighted by Gasteiger charge is 2.32. The molecule has 132 valence electrons. The second-order valence-corrected chi connectivity index (χ2v) is 5.90. The van der Waals surface area contributed by atoms with Crippen LogP contribution in [0.3, 0.4) is 0 Å². The van der Waals surface area contributed by atoms with Gasteiger partial charge in [-0.3, -0.25) is 9.59 Å². The van der Waals surface area contributed by atoms with Gasteiger partial charge in [-0.05, 0) is 19.3 Å². The van der Waals surface area contributed by atoms with E-state index in [0.717, 1.165) is 24.8 Å². The van der Waals surface area contributed by atoms with Gasteiger partial charge in [0.25, 0.3) is 0 Å². The number of aromatic nitrogens is 2. The van der Waals surface area contributed by atoms with Crippen LogP contribution in [0.2, 0.25) is 0 Å². The van der Waals surface area contributed by atoms with Crippen molar-refractivity contribution in [1.29, 1.82) is 0 Å². The third-order valence-electron chi connectivity index (χ3n) is 4.20. The Morgan fingerprint density at radius 2 is 2.08 bits per heavy atom. The number of nitrogens with one attached hydrogen (secondary N) is 1. The summed E-state index contributed by atoms with van der Waals surface area (Å²) in [5.74, 6) is 0.402. The molecule has 2 aromatic rings. The van der Waals surface area contributed by atoms with E-state index in [1.807, 2.05) is 30.3 Å². The van der Waals surface area contributed by atoms with Gasteiger partial charge in [0.1, 0.15) is 6.04 Å². The largest absolute Gasteiger partial charge is 0.346 e. The maximum absolute atomic E-state index is 12.5. The van der Waals surface area contributed by atoms with Gasteiger partial charge in [0.15, 0.2) is 0 Å². The molecule has 1 unspecified atom stereocenters. The van der Waals surface area contributed by atoms with E-state index in [-0.39, 0.29) is 30.9 Å². The molecule has 2 heterocycles. The molecular weight excluding hydrogens is 322 g/mol. The number of hydrogen-bond acceptors (Lipinski definition) is 6. The van der Waals surface area contributed by atoms with Gasteiger partial charge >= 0.3 is 0 Å². The first kappa shape index (κ1) is 17.1. The second-order valence-electron chi connectivity index (χ2n) is 5.90. The van der Waals surface area contributed by atoms with Gasteiger partial charge in [0.2, 0.25) is 23.5 Å². The van der Waals surface area contributed by atoms with E-state index in [9.17, 15) is 9.59 Å². The van der Waals surface area contributed by atoms with Crippen LogP contribution in [0.4, 0.5) is 0 Å². The Labute approximate surface area is 145 Å². The molecular formula is C17H21N5O3. The number of nitrogens with zero attached hydrogens (tertiary/aromatic N) is 3. The molecule has 1 aromatic heterocycles. The number of amides is 2. The normalized spacial score (nSPS) is 17.3. The molecule has 8 heteroatoms. The van der Waals surface area contributed by atoms with Crippen LogP contribution in [0.15, 0.2) is 34.9 Å². The van der Waals surface area contributed by atoms with Crippen LogP contribution in [-0.4, -0.2) is 46.5 Å². The quantitative estimate of drug-likeness (QED) is 0.832. The van der Waals surface area contributed by atoms with Crippen molar-refractivity contribution in [3.05, 3.63) is 36.2 Å². The Bertz CT molecular complexity index is 731. The number of nitrogens with two attached hydrogens (primary N) is 1. The lowest BCUT2D eigenvalue weighted by atomic mass is 10.0. The number of piperidine rings is 1. The lowest BCUT2D eigenvalue weighted by molar-refractivity contribution is -0.136. The molecule has 1 fully saturated rings. The summed E-state index contributed by atoms with van der Waals surface area (Å²) >= 11 is 0. The fourth-order valence-corrected chi connectivity index (χ4v) is 2.91. The minimum atomic E-state index is -0.355. The molecule has 3 N–H and O–H groups in total. The molecule has 0 spiro atoms. The molecule has 2 amide bonds. The average Bonchev–Trinajstić information content (AvgIpc) is 3.16. The van der Waals surface area contributed by atoms with Gasteiger partial charge in [-0.2, -0.15) is 4.98 Å². The van der Waals surface area contributed by atoms with Crippen LogP contribution in [-0.2, 0) is 9.59 Å². The highest BCUT2D eigenvalue weighted by molar-refractivity contribution is 5.85. The Kier molecular flexibility index (Phi) is 5.39. The smallest absolute Gasteiger partial charge is 0.249 e. The third kappa shape index (κ3) is 4.03. The summed E-state index contributed by atoms with van der Waals surface area (Å²) in [5.41, 5.74) is 6.11. The minimum absolute atomic E-state index is 0.0772. The fraction of sp³-hybridized carbons (Fsp3) is 0.412. The van der Waals surface area contributed by atoms with Crippen LogP contribution < -0.4 is 11.1 Å². The zero-order valence-corrected chi connectivity index (χ0v) is 13.9. The minimum Gasteiger partial charge on any atom is -0.346 e. The van der Waals surface area contributed by atoms with Gasteiger partial charge in [-0.15, -0.1) is 0 Å². The topological polar surface area (TPSA) is 114 Å². The molecule has 0 saturated carbocycles. The average molecular weight is 343 g/mol. The monoisotopic (exact) mass is 343 g/mol. The van der Waals surface area contributed by atoms with Gasteiger partial charge in [-0.25, -0.2) is 0 Å². The zero-order chi connectivity index (χ0) is 17.6. The van der Waals surface area contributed by atoms with E-state index in [2.05, 4.69) is 15.5 Å². The van der Waals surface area contributed by atoms with Crippen LogP contribution in [0, 0.1) is 0 Å². The van der Waals surface area contributed by atoms with Gasteiger partial charge in [0, 0.05) is 12.1 Å². The molecule has 1 atom stereocenters. The van der Waals surface area contributed by atoms with E-state index in [4.69, 9.17) is 10.3 Å². The Balaban J connectivity index is 1.74. The van der Waals surface area contributed by atoms with Crippen molar-refractivity contribution in [3.8, 4) is 11.4 Å². The first-order valence-electron chi connectivity index (χ1n) is 8.34. The van der Waals surface area contributed by atoms with Gasteiger partial charge < -0.3 is 20.5 Å². The molecule has 1 aromatic carbocycles. The predicted octanol–water partition coefficient (Wildman–Crippen LogP) is 0.865. The van der Waals surface area contributed by atoms with E-state index < -0.39 is 0 Å². The van der Waals surface area contributed by atoms with Crippen molar-refractivity contribution >= 4 is 11.8 Å². The van der Waals surface area contributed by atoms with Crippen molar-refractivity contribution in [1.82, 2.24) is 20.4 Å². The second kappa shape index (κ2) is 7.89. The highest BCUT2D eigenvalue weighted by Crippen LogP contribution is 2.31. The Hall–Kier alpha value is -2.74. The molecule has 8 nitrogen and oxygen atoms in total. The fourth-order valence-electron chi connectivity index (χ4n) is 2.91. The molecule has 1 aliphatic rings. The number of rotatable bonds is 5. The van der Waals surface area contributed by atoms with E-state index in [1.54, 1.807) is 4.90 Å². The summed E-state index contributed by atoms with van der Waals surface area (Å²) in [6.45, 7) is 0.387. The molecule has 0 radical (unpaired) electrons. The number of carbonyl (C=O) groups excluding carboxylic acids is 2. The number of benzene rings is 1. The Morgan fingerprint density at radius 3 is 2.84 bits per heavy atom. The summed E-state index contributed by atoms with van der Waals surface area (Å²) in [7, 11) is 0. The van der Waals surface area contributed by atoms with Crippen molar-refractivity contribution in [3.63, 3.8) is 0 Å². The number of likely N-dealkylation sites (tertiary alicyclic amines) is 1. The number of hydrogen-bond donors (Lipinski definition) is 2. The molecule has 25 heavy (non-hydrogen) atoms. The van der Waals surface area contributed by atoms with Crippen molar-refractivity contribution < 1.29 is 14.1 Å². The van der Waals surface area contributed by atoms with Crippen LogP contribution >= 0.6 is 0 Å². The summed E-state index contributed by atoms with van der Waals surface area (Å²) < 4.78 is 5.42. The van der Waals surface area contributed by atoms with Crippen molar-refractivity contribution in [2.24, 2.45) is 5.73 Å². The van der Waals surface area contributed by atoms with Crippen molar-refractivity contribution in [2.75, 3.05) is 19.6 Å². The van der Waals surface area contributed by atoms with E-state index >= 15 is 0 Å². The van der Waals surface area contributed by atoms with Crippen LogP contribution in [0.25, 0.3) is 11.4 Å². The van der Waals surface area contributed by atoms with Gasteiger partial charge in [0.05, 0.1) is 13.1 Å². The molecule has 1 aliphatic heterocycles. The Morgan fingerprint density at radius 1 is 1.28 bits per heavy atom. The lowest BCUT2D eigenvalue weighted by Gasteiger charge is -2.33. The lowest BCUT2D eigenvalue weighted by Crippen LogP contribution is -2.45. The van der Waals surface area contributed by atoms with Gasteiger partial charge in [-0.1, -0.05) is 35.5 Å². The first-order chi connectivity index (χ1) is 12.2. The molecule has 0 bridgehead atoms. The standard InChI is InChI=1S/C17H21N5O3/c18-10-14(23)19-11-15(24)22-9-5-4-8-13(22)17-20-16(21-25-17)12-6-2-1-3-7-12/h1-3,6-7,13H,4-5,8-11,18H2,(H,19,23). The number of carbonyl (C=O) groups is 2. The maximum Gasteiger partial charge on any atom is 0.249 e. The molecule has 3 rings (SSSR count). The van der Waals surface area contributed by atoms with E-state index in [1.165, 1.54) is 0 Å². The first-order valence-corrected chi connectivity index (χ1v) is 8.34. The summed E-state index contributed by atoms with van der Waals surface area (Å²) in [6.07, 6.45) is 2.65. The van der Waals surface area contributed by atoms with Crippen LogP contribution in [0.1, 0.15) is 31.2 Å². The highest BCUT2D eigenvalue weighted by atomic mass is 16.5. The third-order valence-corrected chi connectivity index (χ3v) is 4.20. The summed E-state index contributed by atoms with van der Waals surface area (Å²) in [5, 5.41) is 6.54. The SMILES string of the molecule is NCC(=O)NCC(=O)N1CCCCC1c1nc(-c2ccccc2)no1. The summed E-state index contributed by atoms with van der Waals surface area (Å²) in [4.78, 5) is 29.9. The van der Waals surface area contributed by atoms with Crippen LogP contribution in [0.5, 0.6) is 0 Å².